The van der Waals surface area contributed by atoms with Crippen molar-refractivity contribution in [1.82, 2.24) is 19.6 Å². The van der Waals surface area contributed by atoms with Crippen molar-refractivity contribution in [2.45, 2.75) is 6.18 Å². The first kappa shape index (κ1) is 9.65. The molecule has 0 saturated heterocycles. The van der Waals surface area contributed by atoms with Crippen molar-refractivity contribution in [2.75, 3.05) is 5.43 Å². The molecule has 0 aliphatic rings. The molecule has 0 saturated carbocycles. The lowest BCUT2D eigenvalue weighted by Gasteiger charge is -1.99. The standard InChI is InChI=1S/C6H5F3N6/c7-6(8,9)4-12-3-1-2-11-5(13-10)15(3)14-4/h1-2H,10H2,(H,11,13). The summed E-state index contributed by atoms with van der Waals surface area (Å²) in [5, 5.41) is 3.23. The van der Waals surface area contributed by atoms with Gasteiger partial charge in [-0.05, 0) is 0 Å². The van der Waals surface area contributed by atoms with Gasteiger partial charge in [-0.1, -0.05) is 0 Å². The molecule has 0 unspecified atom stereocenters. The van der Waals surface area contributed by atoms with Gasteiger partial charge in [0.2, 0.25) is 5.95 Å². The van der Waals surface area contributed by atoms with Crippen molar-refractivity contribution in [3.05, 3.63) is 18.1 Å². The number of nitrogen functional groups attached to an aromatic ring is 1. The number of rotatable bonds is 1. The van der Waals surface area contributed by atoms with Gasteiger partial charge in [-0.15, -0.1) is 5.10 Å². The topological polar surface area (TPSA) is 81.1 Å². The molecule has 0 aliphatic carbocycles. The van der Waals surface area contributed by atoms with Gasteiger partial charge in [0.15, 0.2) is 5.65 Å². The summed E-state index contributed by atoms with van der Waals surface area (Å²) in [6, 6.07) is 1.29. The monoisotopic (exact) mass is 218 g/mol. The molecular formula is C6H5F3N6. The first-order valence-corrected chi connectivity index (χ1v) is 3.78. The fourth-order valence-electron chi connectivity index (χ4n) is 1.04. The minimum Gasteiger partial charge on any atom is -0.292 e. The van der Waals surface area contributed by atoms with E-state index in [-0.39, 0.29) is 11.6 Å². The van der Waals surface area contributed by atoms with Crippen molar-refractivity contribution in [2.24, 2.45) is 5.84 Å². The highest BCUT2D eigenvalue weighted by Gasteiger charge is 2.36. The van der Waals surface area contributed by atoms with E-state index in [0.29, 0.717) is 0 Å². The molecule has 0 bridgehead atoms. The molecule has 0 fully saturated rings. The van der Waals surface area contributed by atoms with Crippen molar-refractivity contribution >= 4 is 11.6 Å². The molecule has 6 nitrogen and oxygen atoms in total. The minimum absolute atomic E-state index is 0.0181. The molecule has 15 heavy (non-hydrogen) atoms. The number of aromatic nitrogens is 4. The van der Waals surface area contributed by atoms with Crippen LogP contribution in [0.1, 0.15) is 5.82 Å². The zero-order chi connectivity index (χ0) is 11.1. The van der Waals surface area contributed by atoms with Crippen molar-refractivity contribution < 1.29 is 13.2 Å². The van der Waals surface area contributed by atoms with E-state index in [2.05, 4.69) is 20.5 Å². The summed E-state index contributed by atoms with van der Waals surface area (Å²) >= 11 is 0. The smallest absolute Gasteiger partial charge is 0.292 e. The molecule has 0 radical (unpaired) electrons. The number of hydrazine groups is 1. The summed E-state index contributed by atoms with van der Waals surface area (Å²) in [7, 11) is 0. The second kappa shape index (κ2) is 3.05. The maximum Gasteiger partial charge on any atom is 0.453 e. The van der Waals surface area contributed by atoms with E-state index in [1.165, 1.54) is 12.3 Å². The van der Waals surface area contributed by atoms with Gasteiger partial charge in [-0.3, -0.25) is 5.43 Å². The Morgan fingerprint density at radius 2 is 2.13 bits per heavy atom. The molecule has 0 spiro atoms. The fourth-order valence-corrected chi connectivity index (χ4v) is 1.04. The first-order chi connectivity index (χ1) is 7.02. The van der Waals surface area contributed by atoms with Gasteiger partial charge < -0.3 is 0 Å². The Hall–Kier alpha value is -1.90. The second-order valence-electron chi connectivity index (χ2n) is 2.62. The lowest BCUT2D eigenvalue weighted by Crippen LogP contribution is -2.13. The third-order valence-corrected chi connectivity index (χ3v) is 1.64. The van der Waals surface area contributed by atoms with Crippen molar-refractivity contribution in [3.63, 3.8) is 0 Å². The molecule has 3 N–H and O–H groups in total. The summed E-state index contributed by atoms with van der Waals surface area (Å²) < 4.78 is 37.6. The van der Waals surface area contributed by atoms with Gasteiger partial charge in [0.1, 0.15) is 0 Å². The highest BCUT2D eigenvalue weighted by molar-refractivity contribution is 5.43. The Bertz CT molecular complexity index is 489. The van der Waals surface area contributed by atoms with E-state index >= 15 is 0 Å². The van der Waals surface area contributed by atoms with Crippen LogP contribution < -0.4 is 11.3 Å². The molecule has 0 amide bonds. The summed E-state index contributed by atoms with van der Waals surface area (Å²) in [6.07, 6.45) is -3.31. The van der Waals surface area contributed by atoms with E-state index in [4.69, 9.17) is 5.84 Å². The molecule has 2 heterocycles. The summed E-state index contributed by atoms with van der Waals surface area (Å²) in [5.41, 5.74) is 2.14. The molecule has 2 aromatic heterocycles. The lowest BCUT2D eigenvalue weighted by atomic mass is 10.6. The Balaban J connectivity index is 2.65. The molecule has 0 aromatic carbocycles. The zero-order valence-corrected chi connectivity index (χ0v) is 7.15. The summed E-state index contributed by atoms with van der Waals surface area (Å²) in [6.45, 7) is 0. The third-order valence-electron chi connectivity index (χ3n) is 1.64. The number of nitrogens with two attached hydrogens (primary N) is 1. The van der Waals surface area contributed by atoms with E-state index in [0.717, 1.165) is 4.52 Å². The van der Waals surface area contributed by atoms with Crippen LogP contribution in [0.5, 0.6) is 0 Å². The molecule has 9 heteroatoms. The fraction of sp³-hybridized carbons (Fsp3) is 0.167. The maximum atomic E-state index is 12.3. The Morgan fingerprint density at radius 3 is 2.73 bits per heavy atom. The van der Waals surface area contributed by atoms with Gasteiger partial charge in [-0.25, -0.2) is 15.8 Å². The Labute approximate surface area is 80.9 Å². The van der Waals surface area contributed by atoms with E-state index in [1.54, 1.807) is 0 Å². The number of hydrogen-bond donors (Lipinski definition) is 2. The van der Waals surface area contributed by atoms with Crippen LogP contribution in [0.4, 0.5) is 19.1 Å². The second-order valence-corrected chi connectivity index (χ2v) is 2.62. The van der Waals surface area contributed by atoms with Gasteiger partial charge in [0, 0.05) is 12.3 Å². The van der Waals surface area contributed by atoms with Crippen LogP contribution in [-0.2, 0) is 6.18 Å². The van der Waals surface area contributed by atoms with E-state index < -0.39 is 12.0 Å². The molecule has 2 rings (SSSR count). The van der Waals surface area contributed by atoms with Gasteiger partial charge in [0.25, 0.3) is 5.82 Å². The van der Waals surface area contributed by atoms with Crippen LogP contribution in [-0.4, -0.2) is 19.6 Å². The number of anilines is 1. The summed E-state index contributed by atoms with van der Waals surface area (Å²) in [5.74, 6) is 3.80. The maximum absolute atomic E-state index is 12.3. The van der Waals surface area contributed by atoms with Gasteiger partial charge >= 0.3 is 6.18 Å². The van der Waals surface area contributed by atoms with Crippen LogP contribution in [0.2, 0.25) is 0 Å². The predicted octanol–water partition coefficient (Wildman–Crippen LogP) is 0.429. The highest BCUT2D eigenvalue weighted by atomic mass is 19.4. The minimum atomic E-state index is -4.59. The predicted molar refractivity (Wildman–Crippen MR) is 43.6 cm³/mol. The van der Waals surface area contributed by atoms with Crippen molar-refractivity contribution in [3.8, 4) is 0 Å². The van der Waals surface area contributed by atoms with Crippen LogP contribution >= 0.6 is 0 Å². The van der Waals surface area contributed by atoms with Gasteiger partial charge in [-0.2, -0.15) is 17.7 Å². The number of nitrogens with one attached hydrogen (secondary N) is 1. The quantitative estimate of drug-likeness (QED) is 0.535. The number of halogens is 3. The number of hydrogen-bond acceptors (Lipinski definition) is 5. The number of nitrogens with zero attached hydrogens (tertiary/aromatic N) is 4. The number of fused-ring (bicyclic) bond motifs is 1. The largest absolute Gasteiger partial charge is 0.453 e. The van der Waals surface area contributed by atoms with Crippen LogP contribution in [0.3, 0.4) is 0 Å². The molecule has 0 atom stereocenters. The molecular weight excluding hydrogens is 213 g/mol. The highest BCUT2D eigenvalue weighted by Crippen LogP contribution is 2.26. The average molecular weight is 218 g/mol. The SMILES string of the molecule is NNc1nccc2nc(C(F)(F)F)nn12. The lowest BCUT2D eigenvalue weighted by molar-refractivity contribution is -0.144. The normalized spacial score (nSPS) is 12.0. The van der Waals surface area contributed by atoms with E-state index in [9.17, 15) is 13.2 Å². The molecule has 2 aromatic rings. The number of alkyl halides is 3. The Morgan fingerprint density at radius 1 is 1.40 bits per heavy atom. The van der Waals surface area contributed by atoms with Crippen LogP contribution in [0.15, 0.2) is 12.3 Å². The van der Waals surface area contributed by atoms with Crippen molar-refractivity contribution in [1.29, 1.82) is 0 Å². The summed E-state index contributed by atoms with van der Waals surface area (Å²) in [4.78, 5) is 6.96. The average Bonchev–Trinajstić information content (AvgIpc) is 2.59. The van der Waals surface area contributed by atoms with Crippen LogP contribution in [0, 0.1) is 0 Å². The zero-order valence-electron chi connectivity index (χ0n) is 7.15. The van der Waals surface area contributed by atoms with Crippen LogP contribution in [0.25, 0.3) is 5.65 Å². The first-order valence-electron chi connectivity index (χ1n) is 3.78. The van der Waals surface area contributed by atoms with Gasteiger partial charge in [0.05, 0.1) is 0 Å². The molecule has 80 valence electrons. The Kier molecular flexibility index (Phi) is 1.96. The molecule has 0 aliphatic heterocycles. The van der Waals surface area contributed by atoms with E-state index in [1.807, 2.05) is 0 Å². The third kappa shape index (κ3) is 1.56.